The monoisotopic (exact) mass is 242 g/mol. The second kappa shape index (κ2) is 5.88. The van der Waals surface area contributed by atoms with Crippen molar-refractivity contribution < 1.29 is 9.90 Å². The summed E-state index contributed by atoms with van der Waals surface area (Å²) in [7, 11) is 0. The lowest BCUT2D eigenvalue weighted by Crippen LogP contribution is -2.29. The Morgan fingerprint density at radius 1 is 1.12 bits per heavy atom. The molecule has 0 bridgehead atoms. The molecule has 0 aromatic heterocycles. The molecule has 0 rings (SSSR count). The predicted octanol–water partition coefficient (Wildman–Crippen LogP) is 4.59. The van der Waals surface area contributed by atoms with Gasteiger partial charge in [0.1, 0.15) is 0 Å². The molecule has 0 heterocycles. The average molecular weight is 242 g/mol. The maximum absolute atomic E-state index is 10.9. The normalized spacial score (nSPS) is 15.1. The number of carbonyl (C=O) groups is 1. The fourth-order valence-electron chi connectivity index (χ4n) is 2.46. The molecule has 0 amide bonds. The van der Waals surface area contributed by atoms with Crippen LogP contribution < -0.4 is 0 Å². The van der Waals surface area contributed by atoms with Gasteiger partial charge >= 0.3 is 5.97 Å². The highest BCUT2D eigenvalue weighted by atomic mass is 16.4. The maximum atomic E-state index is 10.9. The summed E-state index contributed by atoms with van der Waals surface area (Å²) in [6.07, 6.45) is 2.42. The van der Waals surface area contributed by atoms with Crippen molar-refractivity contribution in [3.05, 3.63) is 0 Å². The molecular weight excluding hydrogens is 212 g/mol. The molecule has 0 aliphatic carbocycles. The predicted molar refractivity (Wildman–Crippen MR) is 73.1 cm³/mol. The summed E-state index contributed by atoms with van der Waals surface area (Å²) in [5, 5.41) is 8.95. The third kappa shape index (κ3) is 7.40. The topological polar surface area (TPSA) is 37.3 Å². The largest absolute Gasteiger partial charge is 0.481 e. The van der Waals surface area contributed by atoms with Gasteiger partial charge in [-0.2, -0.15) is 0 Å². The molecule has 1 unspecified atom stereocenters. The SMILES string of the molecule is CC(C)CC(CC(C)(C)CC(=O)O)C(C)(C)C. The van der Waals surface area contributed by atoms with Gasteiger partial charge in [-0.05, 0) is 35.5 Å². The van der Waals surface area contributed by atoms with Crippen molar-refractivity contribution in [2.24, 2.45) is 22.7 Å². The van der Waals surface area contributed by atoms with Gasteiger partial charge in [-0.1, -0.05) is 48.5 Å². The molecule has 2 heteroatoms. The molecule has 17 heavy (non-hydrogen) atoms. The first-order chi connectivity index (χ1) is 7.44. The molecule has 1 atom stereocenters. The van der Waals surface area contributed by atoms with Crippen LogP contribution in [-0.4, -0.2) is 11.1 Å². The molecule has 0 saturated heterocycles. The van der Waals surface area contributed by atoms with Crippen molar-refractivity contribution in [3.8, 4) is 0 Å². The lowest BCUT2D eigenvalue weighted by atomic mass is 9.68. The van der Waals surface area contributed by atoms with Gasteiger partial charge < -0.3 is 5.11 Å². The number of carboxylic acid groups (broad SMARTS) is 1. The highest BCUT2D eigenvalue weighted by Crippen LogP contribution is 2.41. The summed E-state index contributed by atoms with van der Waals surface area (Å²) in [5.41, 5.74) is 0.138. The maximum Gasteiger partial charge on any atom is 0.303 e. The minimum Gasteiger partial charge on any atom is -0.481 e. The van der Waals surface area contributed by atoms with Crippen molar-refractivity contribution in [3.63, 3.8) is 0 Å². The van der Waals surface area contributed by atoms with E-state index in [-0.39, 0.29) is 17.3 Å². The van der Waals surface area contributed by atoms with Crippen LogP contribution in [0.25, 0.3) is 0 Å². The van der Waals surface area contributed by atoms with Crippen molar-refractivity contribution in [1.29, 1.82) is 0 Å². The molecule has 0 saturated carbocycles. The lowest BCUT2D eigenvalue weighted by Gasteiger charge is -2.37. The number of hydrogen-bond acceptors (Lipinski definition) is 1. The van der Waals surface area contributed by atoms with E-state index in [2.05, 4.69) is 48.5 Å². The van der Waals surface area contributed by atoms with Crippen molar-refractivity contribution in [1.82, 2.24) is 0 Å². The third-order valence-electron chi connectivity index (χ3n) is 3.41. The van der Waals surface area contributed by atoms with Gasteiger partial charge in [0.15, 0.2) is 0 Å². The van der Waals surface area contributed by atoms with Gasteiger partial charge in [0.25, 0.3) is 0 Å². The van der Waals surface area contributed by atoms with Crippen LogP contribution in [0.1, 0.15) is 67.7 Å². The molecule has 2 nitrogen and oxygen atoms in total. The smallest absolute Gasteiger partial charge is 0.303 e. The van der Waals surface area contributed by atoms with Gasteiger partial charge in [-0.15, -0.1) is 0 Å². The Labute approximate surface area is 107 Å². The van der Waals surface area contributed by atoms with E-state index in [9.17, 15) is 4.79 Å². The van der Waals surface area contributed by atoms with Crippen LogP contribution in [0.4, 0.5) is 0 Å². The second-order valence-corrected chi connectivity index (χ2v) is 7.63. The highest BCUT2D eigenvalue weighted by molar-refractivity contribution is 5.67. The lowest BCUT2D eigenvalue weighted by molar-refractivity contribution is -0.139. The van der Waals surface area contributed by atoms with E-state index in [1.54, 1.807) is 0 Å². The molecule has 1 N–H and O–H groups in total. The first-order valence-electron chi connectivity index (χ1n) is 6.66. The molecule has 102 valence electrons. The summed E-state index contributed by atoms with van der Waals surface area (Å²) >= 11 is 0. The van der Waals surface area contributed by atoms with Gasteiger partial charge in [-0.25, -0.2) is 0 Å². The Morgan fingerprint density at radius 2 is 1.59 bits per heavy atom. The fraction of sp³-hybridized carbons (Fsp3) is 0.933. The number of aliphatic carboxylic acids is 1. The number of rotatable bonds is 6. The van der Waals surface area contributed by atoms with Crippen molar-refractivity contribution in [2.45, 2.75) is 67.7 Å². The van der Waals surface area contributed by atoms with Crippen molar-refractivity contribution >= 4 is 5.97 Å². The Hall–Kier alpha value is -0.530. The van der Waals surface area contributed by atoms with E-state index in [4.69, 9.17) is 5.11 Å². The van der Waals surface area contributed by atoms with E-state index < -0.39 is 5.97 Å². The van der Waals surface area contributed by atoms with Crippen LogP contribution in [0.3, 0.4) is 0 Å². The zero-order chi connectivity index (χ0) is 13.9. The molecule has 0 spiro atoms. The Morgan fingerprint density at radius 3 is 1.88 bits per heavy atom. The van der Waals surface area contributed by atoms with Gasteiger partial charge in [-0.3, -0.25) is 4.79 Å². The van der Waals surface area contributed by atoms with Crippen LogP contribution in [0.15, 0.2) is 0 Å². The van der Waals surface area contributed by atoms with Crippen molar-refractivity contribution in [2.75, 3.05) is 0 Å². The van der Waals surface area contributed by atoms with Gasteiger partial charge in [0.2, 0.25) is 0 Å². The summed E-state index contributed by atoms with van der Waals surface area (Å²) in [4.78, 5) is 10.9. The molecule has 0 aliphatic heterocycles. The van der Waals surface area contributed by atoms with Crippen LogP contribution in [0.2, 0.25) is 0 Å². The highest BCUT2D eigenvalue weighted by Gasteiger charge is 2.32. The molecular formula is C15H30O2. The van der Waals surface area contributed by atoms with Crippen LogP contribution in [0.5, 0.6) is 0 Å². The van der Waals surface area contributed by atoms with Crippen LogP contribution >= 0.6 is 0 Å². The Bertz CT molecular complexity index is 246. The summed E-state index contributed by atoms with van der Waals surface area (Å²) in [5.74, 6) is 0.559. The van der Waals surface area contributed by atoms with E-state index in [1.807, 2.05) is 0 Å². The minimum absolute atomic E-state index is 0.112. The summed E-state index contributed by atoms with van der Waals surface area (Å²) < 4.78 is 0. The molecule has 0 aromatic carbocycles. The second-order valence-electron chi connectivity index (χ2n) is 7.63. The standard InChI is InChI=1S/C15H30O2/c1-11(2)8-12(14(3,4)5)9-15(6,7)10-13(16)17/h11-12H,8-10H2,1-7H3,(H,16,17). The van der Waals surface area contributed by atoms with E-state index in [0.717, 1.165) is 6.42 Å². The van der Waals surface area contributed by atoms with E-state index >= 15 is 0 Å². The zero-order valence-corrected chi connectivity index (χ0v) is 12.6. The minimum atomic E-state index is -0.688. The first kappa shape index (κ1) is 16.5. The number of carboxylic acids is 1. The summed E-state index contributed by atoms with van der Waals surface area (Å²) in [6.45, 7) is 15.4. The van der Waals surface area contributed by atoms with E-state index in [1.165, 1.54) is 6.42 Å². The van der Waals surface area contributed by atoms with E-state index in [0.29, 0.717) is 11.8 Å². The molecule has 0 radical (unpaired) electrons. The molecule has 0 aromatic rings. The van der Waals surface area contributed by atoms with Crippen LogP contribution in [0, 0.1) is 22.7 Å². The first-order valence-corrected chi connectivity index (χ1v) is 6.66. The fourth-order valence-corrected chi connectivity index (χ4v) is 2.46. The van der Waals surface area contributed by atoms with Crippen LogP contribution in [-0.2, 0) is 4.79 Å². The quantitative estimate of drug-likeness (QED) is 0.740. The molecule has 0 fully saturated rings. The Kier molecular flexibility index (Phi) is 5.70. The summed E-state index contributed by atoms with van der Waals surface area (Å²) in [6, 6.07) is 0. The zero-order valence-electron chi connectivity index (χ0n) is 12.6. The number of hydrogen-bond donors (Lipinski definition) is 1. The van der Waals surface area contributed by atoms with Gasteiger partial charge in [0.05, 0.1) is 6.42 Å². The molecule has 0 aliphatic rings. The van der Waals surface area contributed by atoms with Gasteiger partial charge in [0, 0.05) is 0 Å². The average Bonchev–Trinajstić information content (AvgIpc) is 1.96. The third-order valence-corrected chi connectivity index (χ3v) is 3.41. The Balaban J connectivity index is 4.68.